The molecule has 2 saturated heterocycles. The largest absolute Gasteiger partial charge is 0.363 e. The number of rotatable bonds is 3. The van der Waals surface area contributed by atoms with Crippen molar-refractivity contribution in [3.8, 4) is 0 Å². The van der Waals surface area contributed by atoms with E-state index >= 15 is 0 Å². The van der Waals surface area contributed by atoms with Gasteiger partial charge in [-0.15, -0.1) is 11.3 Å². The molecule has 2 aromatic rings. The van der Waals surface area contributed by atoms with E-state index in [1.807, 2.05) is 28.5 Å². The van der Waals surface area contributed by atoms with Crippen LogP contribution in [0.4, 0.5) is 10.1 Å². The second-order valence-electron chi connectivity index (χ2n) is 8.08. The number of hydrogen-bond acceptors (Lipinski definition) is 3. The average Bonchev–Trinajstić information content (AvgIpc) is 3.17. The molecule has 3 heterocycles. The Kier molecular flexibility index (Phi) is 4.51. The highest BCUT2D eigenvalue weighted by molar-refractivity contribution is 7.10. The molecule has 2 atom stereocenters. The van der Waals surface area contributed by atoms with Crippen molar-refractivity contribution in [1.29, 1.82) is 0 Å². The van der Waals surface area contributed by atoms with Crippen molar-refractivity contribution in [3.05, 3.63) is 52.5 Å². The first-order valence-corrected chi connectivity index (χ1v) is 10.2. The minimum absolute atomic E-state index is 0.0318. The lowest BCUT2D eigenvalue weighted by molar-refractivity contribution is -0.132. The third-order valence-electron chi connectivity index (χ3n) is 5.78. The molecular weight excluding hydrogens is 347 g/mol. The molecule has 0 N–H and O–H groups in total. The van der Waals surface area contributed by atoms with Crippen LogP contribution in [0.15, 0.2) is 41.8 Å². The van der Waals surface area contributed by atoms with E-state index in [0.717, 1.165) is 36.5 Å². The Hall–Kier alpha value is -1.88. The maximum atomic E-state index is 13.8. The Balaban J connectivity index is 1.50. The Bertz CT molecular complexity index is 789. The molecule has 3 nitrogen and oxygen atoms in total. The summed E-state index contributed by atoms with van der Waals surface area (Å²) in [6, 6.07) is 11.3. The third-order valence-corrected chi connectivity index (χ3v) is 6.66. The Labute approximate surface area is 158 Å². The molecule has 0 saturated carbocycles. The van der Waals surface area contributed by atoms with Gasteiger partial charge in [0.1, 0.15) is 5.82 Å². The third kappa shape index (κ3) is 3.25. The molecule has 26 heavy (non-hydrogen) atoms. The van der Waals surface area contributed by atoms with Crippen LogP contribution in [-0.2, 0) is 11.2 Å². The van der Waals surface area contributed by atoms with Crippen LogP contribution < -0.4 is 4.90 Å². The molecule has 0 aliphatic carbocycles. The van der Waals surface area contributed by atoms with Crippen LogP contribution >= 0.6 is 11.3 Å². The van der Waals surface area contributed by atoms with Crippen molar-refractivity contribution >= 4 is 22.9 Å². The van der Waals surface area contributed by atoms with Crippen LogP contribution in [0.2, 0.25) is 0 Å². The van der Waals surface area contributed by atoms with Crippen molar-refractivity contribution in [3.63, 3.8) is 0 Å². The Morgan fingerprint density at radius 1 is 1.31 bits per heavy atom. The summed E-state index contributed by atoms with van der Waals surface area (Å²) in [5.74, 6) is 0.479. The zero-order valence-corrected chi connectivity index (χ0v) is 16.1. The van der Waals surface area contributed by atoms with E-state index in [1.54, 1.807) is 23.5 Å². The summed E-state index contributed by atoms with van der Waals surface area (Å²) in [6.07, 6.45) is 2.48. The zero-order chi connectivity index (χ0) is 18.3. The van der Waals surface area contributed by atoms with Crippen LogP contribution in [-0.4, -0.2) is 35.5 Å². The summed E-state index contributed by atoms with van der Waals surface area (Å²) in [4.78, 5) is 18.2. The fourth-order valence-electron chi connectivity index (χ4n) is 4.82. The van der Waals surface area contributed by atoms with Crippen molar-refractivity contribution in [2.75, 3.05) is 18.0 Å². The standard InChI is InChI=1S/C21H25FN2OS/c1-21(2)13-15-14-23(20(25)12-18-7-4-10-26-18)9-8-19(15)24(21)17-6-3-5-16(22)11-17/h3-7,10-11,15,19H,8-9,12-14H2,1-2H3/t15-,19+/m1/s1. The lowest BCUT2D eigenvalue weighted by atomic mass is 9.89. The number of hydrogen-bond donors (Lipinski definition) is 0. The maximum Gasteiger partial charge on any atom is 0.227 e. The van der Waals surface area contributed by atoms with E-state index in [9.17, 15) is 9.18 Å². The average molecular weight is 373 g/mol. The first-order chi connectivity index (χ1) is 12.4. The molecule has 2 aliphatic heterocycles. The van der Waals surface area contributed by atoms with E-state index in [2.05, 4.69) is 18.7 Å². The minimum Gasteiger partial charge on any atom is -0.363 e. The van der Waals surface area contributed by atoms with Gasteiger partial charge in [0.05, 0.1) is 6.42 Å². The van der Waals surface area contributed by atoms with Gasteiger partial charge in [-0.1, -0.05) is 12.1 Å². The van der Waals surface area contributed by atoms with E-state index in [4.69, 9.17) is 0 Å². The molecule has 0 spiro atoms. The molecule has 0 radical (unpaired) electrons. The first-order valence-electron chi connectivity index (χ1n) is 9.29. The number of thiophene rings is 1. The number of benzene rings is 1. The van der Waals surface area contributed by atoms with Gasteiger partial charge >= 0.3 is 0 Å². The smallest absolute Gasteiger partial charge is 0.227 e. The first kappa shape index (κ1) is 17.5. The van der Waals surface area contributed by atoms with Gasteiger partial charge in [-0.25, -0.2) is 4.39 Å². The highest BCUT2D eigenvalue weighted by Crippen LogP contribution is 2.44. The normalized spacial score (nSPS) is 24.6. The second kappa shape index (κ2) is 6.69. The molecular formula is C21H25FN2OS. The highest BCUT2D eigenvalue weighted by Gasteiger charge is 2.48. The minimum atomic E-state index is -0.190. The number of likely N-dealkylation sites (tertiary alicyclic amines) is 1. The van der Waals surface area contributed by atoms with Crippen molar-refractivity contribution in [1.82, 2.24) is 4.90 Å². The maximum absolute atomic E-state index is 13.8. The van der Waals surface area contributed by atoms with Gasteiger partial charge in [-0.2, -0.15) is 0 Å². The zero-order valence-electron chi connectivity index (χ0n) is 15.3. The Morgan fingerprint density at radius 2 is 2.15 bits per heavy atom. The lowest BCUT2D eigenvalue weighted by Gasteiger charge is -2.42. The molecule has 2 aliphatic rings. The summed E-state index contributed by atoms with van der Waals surface area (Å²) in [7, 11) is 0. The van der Waals surface area contributed by atoms with Gasteiger partial charge in [-0.05, 0) is 62.3 Å². The van der Waals surface area contributed by atoms with Crippen molar-refractivity contribution in [2.45, 2.75) is 44.7 Å². The van der Waals surface area contributed by atoms with Crippen LogP contribution in [0.3, 0.4) is 0 Å². The molecule has 1 aromatic heterocycles. The van der Waals surface area contributed by atoms with E-state index in [-0.39, 0.29) is 17.3 Å². The SMILES string of the molecule is CC1(C)C[C@@H]2CN(C(=O)Cc3cccs3)CC[C@@H]2N1c1cccc(F)c1. The Morgan fingerprint density at radius 3 is 2.88 bits per heavy atom. The van der Waals surface area contributed by atoms with Gasteiger partial charge in [0, 0.05) is 35.2 Å². The summed E-state index contributed by atoms with van der Waals surface area (Å²) in [6.45, 7) is 6.06. The number of nitrogens with zero attached hydrogens (tertiary/aromatic N) is 2. The van der Waals surface area contributed by atoms with Gasteiger partial charge in [0.25, 0.3) is 0 Å². The molecule has 5 heteroatoms. The summed E-state index contributed by atoms with van der Waals surface area (Å²) >= 11 is 1.64. The topological polar surface area (TPSA) is 23.6 Å². The molecule has 1 amide bonds. The van der Waals surface area contributed by atoms with Crippen LogP contribution in [0.1, 0.15) is 31.6 Å². The summed E-state index contributed by atoms with van der Waals surface area (Å²) in [5.41, 5.74) is 0.927. The number of halogens is 1. The van der Waals surface area contributed by atoms with E-state index in [0.29, 0.717) is 18.4 Å². The molecule has 0 unspecified atom stereocenters. The van der Waals surface area contributed by atoms with Crippen LogP contribution in [0.25, 0.3) is 0 Å². The van der Waals surface area contributed by atoms with E-state index < -0.39 is 0 Å². The highest BCUT2D eigenvalue weighted by atomic mass is 32.1. The quantitative estimate of drug-likeness (QED) is 0.800. The van der Waals surface area contributed by atoms with Gasteiger partial charge < -0.3 is 9.80 Å². The molecule has 0 bridgehead atoms. The number of piperidine rings is 1. The summed E-state index contributed by atoms with van der Waals surface area (Å²) in [5, 5.41) is 2.02. The number of carbonyl (C=O) groups excluding carboxylic acids is 1. The predicted octanol–water partition coefficient (Wildman–Crippen LogP) is 4.34. The van der Waals surface area contributed by atoms with Gasteiger partial charge in [0.2, 0.25) is 5.91 Å². The molecule has 1 aromatic carbocycles. The number of carbonyl (C=O) groups is 1. The monoisotopic (exact) mass is 372 g/mol. The number of fused-ring (bicyclic) bond motifs is 1. The second-order valence-corrected chi connectivity index (χ2v) is 9.11. The lowest BCUT2D eigenvalue weighted by Crippen LogP contribution is -2.50. The molecule has 2 fully saturated rings. The predicted molar refractivity (Wildman–Crippen MR) is 104 cm³/mol. The fraction of sp³-hybridized carbons (Fsp3) is 0.476. The fourth-order valence-corrected chi connectivity index (χ4v) is 5.51. The van der Waals surface area contributed by atoms with Crippen molar-refractivity contribution < 1.29 is 9.18 Å². The van der Waals surface area contributed by atoms with Crippen LogP contribution in [0, 0.1) is 11.7 Å². The molecule has 138 valence electrons. The van der Waals surface area contributed by atoms with Crippen molar-refractivity contribution in [2.24, 2.45) is 5.92 Å². The van der Waals surface area contributed by atoms with Gasteiger partial charge in [0.15, 0.2) is 0 Å². The summed E-state index contributed by atoms with van der Waals surface area (Å²) < 4.78 is 13.8. The van der Waals surface area contributed by atoms with Crippen LogP contribution in [0.5, 0.6) is 0 Å². The molecule has 4 rings (SSSR count). The number of anilines is 1. The number of amides is 1. The van der Waals surface area contributed by atoms with Gasteiger partial charge in [-0.3, -0.25) is 4.79 Å². The van der Waals surface area contributed by atoms with E-state index in [1.165, 1.54) is 6.07 Å².